The highest BCUT2D eigenvalue weighted by Gasteiger charge is 2.35. The number of nitrogens with one attached hydrogen (secondary N) is 1. The number of likely N-dealkylation sites (tertiary alicyclic amines) is 1. The van der Waals surface area contributed by atoms with Crippen molar-refractivity contribution < 1.29 is 22.8 Å². The van der Waals surface area contributed by atoms with Gasteiger partial charge >= 0.3 is 0 Å². The van der Waals surface area contributed by atoms with Gasteiger partial charge in [-0.2, -0.15) is 9.49 Å². The number of carbonyl (C=O) groups is 2. The molecule has 0 bridgehead atoms. The minimum atomic E-state index is -1.94. The average Bonchev–Trinajstić information content (AvgIpc) is 3.60. The summed E-state index contributed by atoms with van der Waals surface area (Å²) in [5.74, 6) is -2.02. The van der Waals surface area contributed by atoms with Crippen LogP contribution in [0.3, 0.4) is 0 Å². The first-order valence-corrected chi connectivity index (χ1v) is 13.7. The molecule has 13 heteroatoms. The Balaban J connectivity index is 1.33. The zero-order valence-electron chi connectivity index (χ0n) is 23.3. The molecule has 5 heterocycles. The lowest BCUT2D eigenvalue weighted by molar-refractivity contribution is -0.143. The number of hydrogen-bond donors (Lipinski definition) is 1. The summed E-state index contributed by atoms with van der Waals surface area (Å²) < 4.78 is 45.0. The molecule has 43 heavy (non-hydrogen) atoms. The van der Waals surface area contributed by atoms with Gasteiger partial charge in [0.1, 0.15) is 11.5 Å². The standard InChI is InChI=1S/C30H27F3N8O2/c1-30(2,33)29(43)39-13-10-21(11-14-39)40-17-35-26(18-3-5-20(31)6-4-18)27(40)22-7-8-25-36-24(16-41(25)38-22)37-28(42)19-9-12-34-23(32)15-19/h3-9,12,15-17,21H,10-11,13-14H2,1-2H3,(H,37,42). The van der Waals surface area contributed by atoms with Crippen LogP contribution in [-0.2, 0) is 4.79 Å². The second-order valence-electron chi connectivity index (χ2n) is 10.8. The van der Waals surface area contributed by atoms with Crippen molar-refractivity contribution in [1.82, 2.24) is 34.0 Å². The summed E-state index contributed by atoms with van der Waals surface area (Å²) in [7, 11) is 0. The number of benzene rings is 1. The summed E-state index contributed by atoms with van der Waals surface area (Å²) in [4.78, 5) is 39.2. The first-order valence-electron chi connectivity index (χ1n) is 13.7. The fraction of sp³-hybridized carbons (Fsp3) is 0.267. The van der Waals surface area contributed by atoms with E-state index in [4.69, 9.17) is 5.10 Å². The molecule has 6 rings (SSSR count). The highest BCUT2D eigenvalue weighted by Crippen LogP contribution is 2.36. The molecule has 0 radical (unpaired) electrons. The fourth-order valence-electron chi connectivity index (χ4n) is 5.23. The molecule has 220 valence electrons. The van der Waals surface area contributed by atoms with Crippen LogP contribution in [0.25, 0.3) is 28.3 Å². The fourth-order valence-corrected chi connectivity index (χ4v) is 5.23. The molecule has 1 aliphatic rings. The van der Waals surface area contributed by atoms with E-state index in [1.165, 1.54) is 49.0 Å². The lowest BCUT2D eigenvalue weighted by Crippen LogP contribution is -2.46. The molecule has 1 aliphatic heterocycles. The number of fused-ring (bicyclic) bond motifs is 1. The zero-order chi connectivity index (χ0) is 30.3. The largest absolute Gasteiger partial charge is 0.340 e. The van der Waals surface area contributed by atoms with Crippen LogP contribution in [0.5, 0.6) is 0 Å². The molecule has 2 amide bonds. The third-order valence-corrected chi connectivity index (χ3v) is 7.36. The molecule has 10 nitrogen and oxygen atoms in total. The third-order valence-electron chi connectivity index (χ3n) is 7.36. The molecule has 0 atom stereocenters. The van der Waals surface area contributed by atoms with Crippen molar-refractivity contribution in [2.45, 2.75) is 38.4 Å². The van der Waals surface area contributed by atoms with Crippen LogP contribution >= 0.6 is 0 Å². The van der Waals surface area contributed by atoms with E-state index in [2.05, 4.69) is 20.3 Å². The van der Waals surface area contributed by atoms with Crippen molar-refractivity contribution in [2.24, 2.45) is 0 Å². The number of carbonyl (C=O) groups excluding carboxylic acids is 2. The van der Waals surface area contributed by atoms with Gasteiger partial charge in [0.2, 0.25) is 5.95 Å². The smallest absolute Gasteiger partial charge is 0.259 e. The summed E-state index contributed by atoms with van der Waals surface area (Å²) in [6.07, 6.45) is 5.59. The Labute approximate surface area is 244 Å². The number of aromatic nitrogens is 6. The van der Waals surface area contributed by atoms with Gasteiger partial charge in [-0.3, -0.25) is 9.59 Å². The molecule has 0 unspecified atom stereocenters. The minimum Gasteiger partial charge on any atom is -0.340 e. The summed E-state index contributed by atoms with van der Waals surface area (Å²) in [6, 6.07) is 11.9. The van der Waals surface area contributed by atoms with Crippen molar-refractivity contribution in [3.05, 3.63) is 84.6 Å². The predicted molar refractivity (Wildman–Crippen MR) is 152 cm³/mol. The highest BCUT2D eigenvalue weighted by molar-refractivity contribution is 6.03. The van der Waals surface area contributed by atoms with Crippen molar-refractivity contribution in [3.8, 4) is 22.6 Å². The Morgan fingerprint density at radius 3 is 2.44 bits per heavy atom. The van der Waals surface area contributed by atoms with E-state index >= 15 is 0 Å². The molecule has 4 aromatic heterocycles. The van der Waals surface area contributed by atoms with Gasteiger partial charge in [0.05, 0.1) is 23.9 Å². The van der Waals surface area contributed by atoms with Crippen molar-refractivity contribution in [2.75, 3.05) is 18.4 Å². The first-order chi connectivity index (χ1) is 20.6. The molecular weight excluding hydrogens is 561 g/mol. The number of pyridine rings is 1. The van der Waals surface area contributed by atoms with Crippen molar-refractivity contribution in [1.29, 1.82) is 0 Å². The minimum absolute atomic E-state index is 0.0561. The van der Waals surface area contributed by atoms with Gasteiger partial charge in [-0.05, 0) is 69.2 Å². The molecule has 5 aromatic rings. The molecule has 1 fully saturated rings. The van der Waals surface area contributed by atoms with Gasteiger partial charge < -0.3 is 14.8 Å². The summed E-state index contributed by atoms with van der Waals surface area (Å²) in [6.45, 7) is 3.30. The molecule has 1 aromatic carbocycles. The Hall–Kier alpha value is -5.07. The van der Waals surface area contributed by atoms with Crippen LogP contribution in [0.4, 0.5) is 19.0 Å². The van der Waals surface area contributed by atoms with E-state index in [0.717, 1.165) is 6.07 Å². The van der Waals surface area contributed by atoms with E-state index in [9.17, 15) is 22.8 Å². The van der Waals surface area contributed by atoms with Gasteiger partial charge in [-0.15, -0.1) is 0 Å². The molecule has 0 saturated carbocycles. The van der Waals surface area contributed by atoms with E-state index in [1.807, 2.05) is 4.57 Å². The maximum Gasteiger partial charge on any atom is 0.259 e. The molecule has 1 saturated heterocycles. The second kappa shape index (κ2) is 11.0. The van der Waals surface area contributed by atoms with Crippen molar-refractivity contribution in [3.63, 3.8) is 0 Å². The Kier molecular flexibility index (Phi) is 7.16. The first kappa shape index (κ1) is 28.1. The van der Waals surface area contributed by atoms with Crippen molar-refractivity contribution >= 4 is 23.3 Å². The summed E-state index contributed by atoms with van der Waals surface area (Å²) in [5.41, 5.74) is 1.09. The number of nitrogens with zero attached hydrogens (tertiary/aromatic N) is 7. The van der Waals surface area contributed by atoms with Crippen LogP contribution in [0.1, 0.15) is 43.1 Å². The van der Waals surface area contributed by atoms with Gasteiger partial charge in [0, 0.05) is 42.5 Å². The number of hydrogen-bond acceptors (Lipinski definition) is 6. The van der Waals surface area contributed by atoms with Gasteiger partial charge in [-0.25, -0.2) is 28.2 Å². The topological polar surface area (TPSA) is 110 Å². The van der Waals surface area contributed by atoms with E-state index < -0.39 is 23.4 Å². The SMILES string of the molecule is CC(C)(F)C(=O)N1CCC(n2cnc(-c3ccc(F)cc3)c2-c2ccc3nc(NC(=O)c4ccnc(F)c4)cn3n2)CC1. The summed E-state index contributed by atoms with van der Waals surface area (Å²) in [5, 5.41) is 7.39. The number of rotatable bonds is 6. The molecule has 0 aliphatic carbocycles. The Bertz CT molecular complexity index is 1820. The maximum atomic E-state index is 14.3. The monoisotopic (exact) mass is 588 g/mol. The molecular formula is C30H27F3N8O2. The van der Waals surface area contributed by atoms with E-state index in [1.54, 1.807) is 35.5 Å². The van der Waals surface area contributed by atoms with Gasteiger partial charge in [0.15, 0.2) is 17.1 Å². The van der Waals surface area contributed by atoms with Crippen LogP contribution in [0, 0.1) is 11.8 Å². The summed E-state index contributed by atoms with van der Waals surface area (Å²) >= 11 is 0. The van der Waals surface area contributed by atoms with Crippen LogP contribution in [-0.4, -0.2) is 64.6 Å². The number of piperidine rings is 1. The number of imidazole rings is 2. The van der Waals surface area contributed by atoms with Crippen LogP contribution in [0.15, 0.2) is 67.3 Å². The maximum absolute atomic E-state index is 14.3. The van der Waals surface area contributed by atoms with Crippen LogP contribution < -0.4 is 5.32 Å². The molecule has 1 N–H and O–H groups in total. The van der Waals surface area contributed by atoms with E-state index in [0.29, 0.717) is 54.2 Å². The lowest BCUT2D eigenvalue weighted by Gasteiger charge is -2.35. The van der Waals surface area contributed by atoms with Gasteiger partial charge in [0.25, 0.3) is 11.8 Å². The predicted octanol–water partition coefficient (Wildman–Crippen LogP) is 5.10. The molecule has 0 spiro atoms. The highest BCUT2D eigenvalue weighted by atomic mass is 19.1. The lowest BCUT2D eigenvalue weighted by atomic mass is 10.0. The van der Waals surface area contributed by atoms with Crippen LogP contribution in [0.2, 0.25) is 0 Å². The third kappa shape index (κ3) is 5.70. The second-order valence-corrected chi connectivity index (χ2v) is 10.8. The Morgan fingerprint density at radius 2 is 1.74 bits per heavy atom. The number of alkyl halides is 1. The number of anilines is 1. The number of amides is 2. The van der Waals surface area contributed by atoms with Gasteiger partial charge in [-0.1, -0.05) is 0 Å². The number of halogens is 3. The quantitative estimate of drug-likeness (QED) is 0.277. The zero-order valence-corrected chi connectivity index (χ0v) is 23.3. The Morgan fingerprint density at radius 1 is 1.00 bits per heavy atom. The van der Waals surface area contributed by atoms with E-state index in [-0.39, 0.29) is 23.2 Å². The normalized spacial score (nSPS) is 14.3. The average molecular weight is 589 g/mol.